The summed E-state index contributed by atoms with van der Waals surface area (Å²) in [7, 11) is 0. The molecule has 0 aliphatic heterocycles. The van der Waals surface area contributed by atoms with Crippen LogP contribution in [0.25, 0.3) is 0 Å². The van der Waals surface area contributed by atoms with Crippen LogP contribution in [-0.2, 0) is 4.79 Å². The molecule has 2 amide bonds. The Hall–Kier alpha value is -2.22. The van der Waals surface area contributed by atoms with E-state index in [9.17, 15) is 18.4 Å². The largest absolute Gasteiger partial charge is 0.480 e. The number of aliphatic hydroxyl groups is 1. The Balaban J connectivity index is 2.77. The summed E-state index contributed by atoms with van der Waals surface area (Å²) in [4.78, 5) is 21.9. The maximum absolute atomic E-state index is 13.4. The molecule has 0 heterocycles. The predicted octanol–water partition coefficient (Wildman–Crippen LogP) is 0.840. The third-order valence-corrected chi connectivity index (χ3v) is 2.28. The third kappa shape index (κ3) is 3.88. The Labute approximate surface area is 107 Å². The monoisotopic (exact) mass is 274 g/mol. The van der Waals surface area contributed by atoms with E-state index in [1.807, 2.05) is 10.6 Å². The van der Waals surface area contributed by atoms with E-state index in [-0.39, 0.29) is 5.56 Å². The zero-order chi connectivity index (χ0) is 14.6. The van der Waals surface area contributed by atoms with Gasteiger partial charge in [-0.3, -0.25) is 0 Å². The molecule has 1 atom stereocenters. The summed E-state index contributed by atoms with van der Waals surface area (Å²) < 4.78 is 26.6. The number of carbonyl (C=O) groups excluding carboxylic acids is 1. The van der Waals surface area contributed by atoms with Crippen LogP contribution in [-0.4, -0.2) is 34.9 Å². The smallest absolute Gasteiger partial charge is 0.328 e. The summed E-state index contributed by atoms with van der Waals surface area (Å²) in [6.07, 6.45) is 0. The van der Waals surface area contributed by atoms with Crippen LogP contribution in [0, 0.1) is 18.6 Å². The van der Waals surface area contributed by atoms with Gasteiger partial charge in [0.25, 0.3) is 0 Å². The molecular weight excluding hydrogens is 262 g/mol. The molecule has 0 aromatic heterocycles. The first-order valence-electron chi connectivity index (χ1n) is 5.22. The highest BCUT2D eigenvalue weighted by atomic mass is 19.1. The van der Waals surface area contributed by atoms with Crippen LogP contribution in [0.5, 0.6) is 0 Å². The van der Waals surface area contributed by atoms with Crippen molar-refractivity contribution in [3.05, 3.63) is 29.3 Å². The molecule has 19 heavy (non-hydrogen) atoms. The molecule has 0 aliphatic rings. The maximum atomic E-state index is 13.4. The number of carboxylic acid groups (broad SMARTS) is 1. The average Bonchev–Trinajstić information content (AvgIpc) is 2.32. The van der Waals surface area contributed by atoms with Crippen LogP contribution in [0.4, 0.5) is 19.3 Å². The molecule has 0 fully saturated rings. The third-order valence-electron chi connectivity index (χ3n) is 2.28. The van der Waals surface area contributed by atoms with Crippen molar-refractivity contribution in [1.82, 2.24) is 5.32 Å². The first-order valence-corrected chi connectivity index (χ1v) is 5.22. The number of aliphatic hydroxyl groups excluding tert-OH is 1. The Morgan fingerprint density at radius 1 is 1.32 bits per heavy atom. The quantitative estimate of drug-likeness (QED) is 0.654. The SMILES string of the molecule is Cc1cc(F)c(NC(=O)NC(CO)C(=O)O)cc1F. The number of carbonyl (C=O) groups is 2. The van der Waals surface area contributed by atoms with E-state index in [0.717, 1.165) is 12.1 Å². The average molecular weight is 274 g/mol. The number of anilines is 1. The van der Waals surface area contributed by atoms with Crippen molar-refractivity contribution in [3.63, 3.8) is 0 Å². The Morgan fingerprint density at radius 3 is 2.47 bits per heavy atom. The van der Waals surface area contributed by atoms with Crippen molar-refractivity contribution >= 4 is 17.7 Å². The number of hydrogen-bond donors (Lipinski definition) is 4. The lowest BCUT2D eigenvalue weighted by molar-refractivity contribution is -0.140. The molecule has 104 valence electrons. The second-order valence-electron chi connectivity index (χ2n) is 3.75. The van der Waals surface area contributed by atoms with Gasteiger partial charge in [0, 0.05) is 6.07 Å². The molecule has 0 aliphatic carbocycles. The molecular formula is C11H12F2N2O4. The number of amides is 2. The van der Waals surface area contributed by atoms with E-state index in [1.165, 1.54) is 6.92 Å². The van der Waals surface area contributed by atoms with E-state index in [1.54, 1.807) is 0 Å². The molecule has 8 heteroatoms. The number of aliphatic carboxylic acids is 1. The zero-order valence-corrected chi connectivity index (χ0v) is 9.91. The summed E-state index contributed by atoms with van der Waals surface area (Å²) >= 11 is 0. The first-order chi connectivity index (χ1) is 8.85. The summed E-state index contributed by atoms with van der Waals surface area (Å²) in [6.45, 7) is 0.530. The van der Waals surface area contributed by atoms with Gasteiger partial charge in [0.2, 0.25) is 0 Å². The lowest BCUT2D eigenvalue weighted by Gasteiger charge is -2.13. The molecule has 1 rings (SSSR count). The topological polar surface area (TPSA) is 98.7 Å². The first kappa shape index (κ1) is 14.8. The molecule has 0 radical (unpaired) electrons. The highest BCUT2D eigenvalue weighted by Crippen LogP contribution is 2.18. The predicted molar refractivity (Wildman–Crippen MR) is 61.8 cm³/mol. The summed E-state index contributed by atoms with van der Waals surface area (Å²) in [6, 6.07) is -0.924. The fraction of sp³-hybridized carbons (Fsp3) is 0.273. The van der Waals surface area contributed by atoms with Crippen LogP contribution in [0.2, 0.25) is 0 Å². The Bertz CT molecular complexity index is 508. The van der Waals surface area contributed by atoms with Gasteiger partial charge in [0.1, 0.15) is 11.6 Å². The van der Waals surface area contributed by atoms with Gasteiger partial charge in [0.05, 0.1) is 12.3 Å². The normalized spacial score (nSPS) is 11.8. The van der Waals surface area contributed by atoms with E-state index >= 15 is 0 Å². The number of nitrogens with one attached hydrogen (secondary N) is 2. The van der Waals surface area contributed by atoms with Gasteiger partial charge in [-0.2, -0.15) is 0 Å². The minimum atomic E-state index is -1.53. The number of aryl methyl sites for hydroxylation is 1. The van der Waals surface area contributed by atoms with Gasteiger partial charge < -0.3 is 20.8 Å². The van der Waals surface area contributed by atoms with Crippen LogP contribution >= 0.6 is 0 Å². The highest BCUT2D eigenvalue weighted by Gasteiger charge is 2.19. The van der Waals surface area contributed by atoms with Gasteiger partial charge >= 0.3 is 12.0 Å². The van der Waals surface area contributed by atoms with E-state index in [2.05, 4.69) is 0 Å². The zero-order valence-electron chi connectivity index (χ0n) is 9.91. The van der Waals surface area contributed by atoms with Crippen molar-refractivity contribution in [3.8, 4) is 0 Å². The van der Waals surface area contributed by atoms with E-state index < -0.39 is 42.0 Å². The molecule has 6 nitrogen and oxygen atoms in total. The lowest BCUT2D eigenvalue weighted by atomic mass is 10.2. The molecule has 4 N–H and O–H groups in total. The van der Waals surface area contributed by atoms with Crippen molar-refractivity contribution < 1.29 is 28.6 Å². The lowest BCUT2D eigenvalue weighted by Crippen LogP contribution is -2.45. The minimum absolute atomic E-state index is 0.0715. The highest BCUT2D eigenvalue weighted by molar-refractivity contribution is 5.92. The Morgan fingerprint density at radius 2 is 1.95 bits per heavy atom. The molecule has 0 saturated heterocycles. The van der Waals surface area contributed by atoms with E-state index in [4.69, 9.17) is 10.2 Å². The molecule has 1 aromatic rings. The van der Waals surface area contributed by atoms with Crippen molar-refractivity contribution in [2.45, 2.75) is 13.0 Å². The van der Waals surface area contributed by atoms with Gasteiger partial charge in [0.15, 0.2) is 6.04 Å². The van der Waals surface area contributed by atoms with Crippen molar-refractivity contribution in [2.75, 3.05) is 11.9 Å². The van der Waals surface area contributed by atoms with Gasteiger partial charge in [-0.05, 0) is 18.6 Å². The number of urea groups is 1. The summed E-state index contributed by atoms with van der Waals surface area (Å²) in [5, 5.41) is 21.1. The van der Waals surface area contributed by atoms with Crippen LogP contribution in [0.15, 0.2) is 12.1 Å². The second-order valence-corrected chi connectivity index (χ2v) is 3.75. The minimum Gasteiger partial charge on any atom is -0.480 e. The summed E-state index contributed by atoms with van der Waals surface area (Å²) in [5.41, 5.74) is -0.357. The van der Waals surface area contributed by atoms with Crippen LogP contribution < -0.4 is 10.6 Å². The van der Waals surface area contributed by atoms with Crippen LogP contribution in [0.1, 0.15) is 5.56 Å². The standard InChI is InChI=1S/C11H12F2N2O4/c1-5-2-7(13)8(3-6(5)12)14-11(19)15-9(4-16)10(17)18/h2-3,9,16H,4H2,1H3,(H,17,18)(H2,14,15,19). The number of rotatable bonds is 4. The molecule has 0 bridgehead atoms. The molecule has 0 saturated carbocycles. The summed E-state index contributed by atoms with van der Waals surface area (Å²) in [5.74, 6) is -3.02. The van der Waals surface area contributed by atoms with Crippen LogP contribution in [0.3, 0.4) is 0 Å². The second kappa shape index (κ2) is 6.10. The van der Waals surface area contributed by atoms with Gasteiger partial charge in [-0.1, -0.05) is 0 Å². The molecule has 1 unspecified atom stereocenters. The van der Waals surface area contributed by atoms with Gasteiger partial charge in [-0.15, -0.1) is 0 Å². The number of benzene rings is 1. The fourth-order valence-corrected chi connectivity index (χ4v) is 1.24. The molecule has 1 aromatic carbocycles. The molecule has 0 spiro atoms. The van der Waals surface area contributed by atoms with Crippen molar-refractivity contribution in [2.24, 2.45) is 0 Å². The number of hydrogen-bond acceptors (Lipinski definition) is 3. The van der Waals surface area contributed by atoms with Gasteiger partial charge in [-0.25, -0.2) is 18.4 Å². The maximum Gasteiger partial charge on any atom is 0.328 e. The van der Waals surface area contributed by atoms with Crippen molar-refractivity contribution in [1.29, 1.82) is 0 Å². The number of carboxylic acids is 1. The fourth-order valence-electron chi connectivity index (χ4n) is 1.24. The van der Waals surface area contributed by atoms with E-state index in [0.29, 0.717) is 0 Å². The Kier molecular flexibility index (Phi) is 4.76. The number of halogens is 2.